The van der Waals surface area contributed by atoms with Gasteiger partial charge in [-0.15, -0.1) is 11.3 Å². The Kier molecular flexibility index (Phi) is 2.76. The van der Waals surface area contributed by atoms with Gasteiger partial charge in [0.25, 0.3) is 0 Å². The third kappa shape index (κ3) is 1.86. The molecule has 4 rings (SSSR count). The molecular weight excluding hydrogens is 288 g/mol. The molecule has 3 heterocycles. The number of benzene rings is 1. The third-order valence-corrected chi connectivity index (χ3v) is 5.60. The van der Waals surface area contributed by atoms with Crippen LogP contribution in [0.4, 0.5) is 0 Å². The minimum absolute atomic E-state index is 1.32. The van der Waals surface area contributed by atoms with Gasteiger partial charge >= 0.3 is 0 Å². The van der Waals surface area contributed by atoms with E-state index in [2.05, 4.69) is 57.2 Å². The van der Waals surface area contributed by atoms with E-state index in [1.165, 1.54) is 32.3 Å². The van der Waals surface area contributed by atoms with Gasteiger partial charge in [0.2, 0.25) is 0 Å². The molecule has 92 valence electrons. The Bertz CT molecular complexity index is 737. The summed E-state index contributed by atoms with van der Waals surface area (Å²) in [6.07, 6.45) is 0. The average Bonchev–Trinajstić information content (AvgIpc) is 3.19. The normalized spacial score (nSPS) is 11.2. The van der Waals surface area contributed by atoms with Gasteiger partial charge in [-0.3, -0.25) is 0 Å². The van der Waals surface area contributed by atoms with Crippen LogP contribution in [0.5, 0.6) is 0 Å². The van der Waals surface area contributed by atoms with Gasteiger partial charge in [0, 0.05) is 15.6 Å². The first-order valence-electron chi connectivity index (χ1n) is 5.99. The van der Waals surface area contributed by atoms with E-state index in [1.807, 2.05) is 11.3 Å². The van der Waals surface area contributed by atoms with Gasteiger partial charge in [-0.25, -0.2) is 0 Å². The van der Waals surface area contributed by atoms with E-state index < -0.39 is 0 Å². The van der Waals surface area contributed by atoms with E-state index in [1.54, 1.807) is 22.7 Å². The predicted octanol–water partition coefficient (Wildman–Crippen LogP) is 6.36. The lowest BCUT2D eigenvalue weighted by molar-refractivity contribution is 1.75. The molecule has 0 aliphatic rings. The molecule has 3 heteroatoms. The van der Waals surface area contributed by atoms with Crippen LogP contribution in [-0.4, -0.2) is 0 Å². The highest BCUT2D eigenvalue weighted by Gasteiger charge is 2.10. The number of rotatable bonds is 2. The first-order chi connectivity index (χ1) is 9.43. The molecule has 0 saturated heterocycles. The molecule has 3 aromatic heterocycles. The zero-order valence-corrected chi connectivity index (χ0v) is 12.4. The van der Waals surface area contributed by atoms with Crippen LogP contribution in [0.15, 0.2) is 57.2 Å². The summed E-state index contributed by atoms with van der Waals surface area (Å²) in [5.74, 6) is 0. The lowest BCUT2D eigenvalue weighted by Gasteiger charge is -2.05. The van der Waals surface area contributed by atoms with Crippen LogP contribution in [0, 0.1) is 0 Å². The fourth-order valence-corrected chi connectivity index (χ4v) is 4.65. The van der Waals surface area contributed by atoms with Crippen molar-refractivity contribution in [1.29, 1.82) is 0 Å². The first-order valence-corrected chi connectivity index (χ1v) is 8.75. The zero-order valence-electron chi connectivity index (χ0n) is 10.00. The number of hydrogen-bond acceptors (Lipinski definition) is 3. The Hall–Kier alpha value is -1.42. The standard InChI is InChI=1S/C16H10S3/c1-2-14(12-4-7-18-10-12)16-15(5-8-19-16)13(1)11-3-6-17-9-11/h1-10H. The number of thiophene rings is 3. The van der Waals surface area contributed by atoms with Crippen molar-refractivity contribution in [3.05, 3.63) is 57.2 Å². The summed E-state index contributed by atoms with van der Waals surface area (Å²) in [6, 6.07) is 11.1. The van der Waals surface area contributed by atoms with Crippen LogP contribution in [0.1, 0.15) is 0 Å². The zero-order chi connectivity index (χ0) is 12.7. The summed E-state index contributed by atoms with van der Waals surface area (Å²) in [5.41, 5.74) is 5.35. The van der Waals surface area contributed by atoms with E-state index in [9.17, 15) is 0 Å². The van der Waals surface area contributed by atoms with E-state index in [4.69, 9.17) is 0 Å². The molecule has 4 aromatic rings. The van der Waals surface area contributed by atoms with Crippen molar-refractivity contribution < 1.29 is 0 Å². The highest BCUT2D eigenvalue weighted by Crippen LogP contribution is 2.39. The Morgan fingerprint density at radius 3 is 2.00 bits per heavy atom. The van der Waals surface area contributed by atoms with Crippen molar-refractivity contribution in [1.82, 2.24) is 0 Å². The molecule has 0 amide bonds. The Balaban J connectivity index is 2.01. The summed E-state index contributed by atoms with van der Waals surface area (Å²) in [6.45, 7) is 0. The van der Waals surface area contributed by atoms with Gasteiger partial charge < -0.3 is 0 Å². The van der Waals surface area contributed by atoms with Crippen LogP contribution in [-0.2, 0) is 0 Å². The highest BCUT2D eigenvalue weighted by atomic mass is 32.1. The van der Waals surface area contributed by atoms with Crippen molar-refractivity contribution in [2.75, 3.05) is 0 Å². The van der Waals surface area contributed by atoms with Crippen molar-refractivity contribution in [3.8, 4) is 22.3 Å². The molecule has 0 N–H and O–H groups in total. The van der Waals surface area contributed by atoms with Crippen LogP contribution < -0.4 is 0 Å². The molecule has 0 nitrogen and oxygen atoms in total. The van der Waals surface area contributed by atoms with Crippen LogP contribution in [0.2, 0.25) is 0 Å². The molecule has 1 aromatic carbocycles. The lowest BCUT2D eigenvalue weighted by Crippen LogP contribution is -1.79. The summed E-state index contributed by atoms with van der Waals surface area (Å²) in [5, 5.41) is 12.3. The Morgan fingerprint density at radius 2 is 1.32 bits per heavy atom. The fraction of sp³-hybridized carbons (Fsp3) is 0. The van der Waals surface area contributed by atoms with Crippen LogP contribution in [0.3, 0.4) is 0 Å². The second-order valence-electron chi connectivity index (χ2n) is 4.35. The molecular formula is C16H10S3. The van der Waals surface area contributed by atoms with Crippen molar-refractivity contribution >= 4 is 44.1 Å². The maximum atomic E-state index is 2.26. The second-order valence-corrected chi connectivity index (χ2v) is 6.82. The van der Waals surface area contributed by atoms with Gasteiger partial charge in [-0.2, -0.15) is 22.7 Å². The Morgan fingerprint density at radius 1 is 0.632 bits per heavy atom. The van der Waals surface area contributed by atoms with E-state index in [0.717, 1.165) is 0 Å². The fourth-order valence-electron chi connectivity index (χ4n) is 2.38. The average molecular weight is 298 g/mol. The number of hydrogen-bond donors (Lipinski definition) is 0. The van der Waals surface area contributed by atoms with Crippen molar-refractivity contribution in [2.24, 2.45) is 0 Å². The van der Waals surface area contributed by atoms with Crippen molar-refractivity contribution in [2.45, 2.75) is 0 Å². The molecule has 0 aliphatic heterocycles. The van der Waals surface area contributed by atoms with Gasteiger partial charge in [-0.05, 0) is 61.8 Å². The molecule has 0 spiro atoms. The summed E-state index contributed by atoms with van der Waals surface area (Å²) >= 11 is 5.34. The molecule has 0 aliphatic carbocycles. The smallest absolute Gasteiger partial charge is 0.0427 e. The highest BCUT2D eigenvalue weighted by molar-refractivity contribution is 7.18. The van der Waals surface area contributed by atoms with E-state index in [0.29, 0.717) is 0 Å². The molecule has 0 fully saturated rings. The molecule has 0 unspecified atom stereocenters. The van der Waals surface area contributed by atoms with Crippen molar-refractivity contribution in [3.63, 3.8) is 0 Å². The Labute approximate surface area is 123 Å². The van der Waals surface area contributed by atoms with Gasteiger partial charge in [-0.1, -0.05) is 12.1 Å². The second kappa shape index (κ2) is 4.60. The van der Waals surface area contributed by atoms with Gasteiger partial charge in [0.15, 0.2) is 0 Å². The molecule has 0 radical (unpaired) electrons. The monoisotopic (exact) mass is 298 g/mol. The summed E-state index contributed by atoms with van der Waals surface area (Å²) in [4.78, 5) is 0. The molecule has 0 bridgehead atoms. The predicted molar refractivity (Wildman–Crippen MR) is 88.5 cm³/mol. The quantitative estimate of drug-likeness (QED) is 0.404. The third-order valence-electron chi connectivity index (χ3n) is 3.28. The van der Waals surface area contributed by atoms with Gasteiger partial charge in [0.05, 0.1) is 0 Å². The maximum Gasteiger partial charge on any atom is 0.0427 e. The molecule has 0 atom stereocenters. The van der Waals surface area contributed by atoms with Gasteiger partial charge in [0.1, 0.15) is 0 Å². The molecule has 0 saturated carbocycles. The van der Waals surface area contributed by atoms with Crippen LogP contribution in [0.25, 0.3) is 32.3 Å². The first kappa shape index (κ1) is 11.4. The maximum absolute atomic E-state index is 2.26. The lowest BCUT2D eigenvalue weighted by atomic mass is 10.00. The summed E-state index contributed by atoms with van der Waals surface area (Å²) < 4.78 is 1.39. The SMILES string of the molecule is c1cc(-c2ccc(-c3ccsc3)c3sccc23)cs1. The minimum atomic E-state index is 1.32. The minimum Gasteiger partial charge on any atom is -0.152 e. The number of fused-ring (bicyclic) bond motifs is 1. The summed E-state index contributed by atoms with van der Waals surface area (Å²) in [7, 11) is 0. The van der Waals surface area contributed by atoms with E-state index >= 15 is 0 Å². The topological polar surface area (TPSA) is 0 Å². The molecule has 19 heavy (non-hydrogen) atoms. The van der Waals surface area contributed by atoms with E-state index in [-0.39, 0.29) is 0 Å². The largest absolute Gasteiger partial charge is 0.152 e. The van der Waals surface area contributed by atoms with Crippen LogP contribution >= 0.6 is 34.0 Å².